The molecule has 8 nitrogen and oxygen atoms in total. The van der Waals surface area contributed by atoms with Crippen molar-refractivity contribution in [1.29, 1.82) is 0 Å². The highest BCUT2D eigenvalue weighted by Gasteiger charge is 2.15. The van der Waals surface area contributed by atoms with Crippen molar-refractivity contribution in [3.8, 4) is 0 Å². The van der Waals surface area contributed by atoms with Gasteiger partial charge in [-0.2, -0.15) is 0 Å². The van der Waals surface area contributed by atoms with Crippen LogP contribution >= 0.6 is 23.1 Å². The number of benzene rings is 1. The summed E-state index contributed by atoms with van der Waals surface area (Å²) in [5, 5.41) is 11.6. The zero-order valence-corrected chi connectivity index (χ0v) is 17.3. The minimum Gasteiger partial charge on any atom is -0.326 e. The Balaban J connectivity index is 1.52. The molecular weight excluding hydrogens is 418 g/mol. The second-order valence-corrected chi connectivity index (χ2v) is 9.78. The van der Waals surface area contributed by atoms with Gasteiger partial charge in [-0.15, -0.1) is 10.2 Å². The van der Waals surface area contributed by atoms with Crippen LogP contribution in [0.3, 0.4) is 0 Å². The Morgan fingerprint density at radius 2 is 1.93 bits per heavy atom. The molecule has 0 aliphatic carbocycles. The number of pyridine rings is 1. The molecule has 0 bridgehead atoms. The fraction of sp³-hybridized carbons (Fsp3) is 0.176. The van der Waals surface area contributed by atoms with Crippen LogP contribution < -0.4 is 10.0 Å². The van der Waals surface area contributed by atoms with E-state index in [1.807, 2.05) is 6.92 Å². The quantitative estimate of drug-likeness (QED) is 0.522. The summed E-state index contributed by atoms with van der Waals surface area (Å²) >= 11 is 2.97. The van der Waals surface area contributed by atoms with Crippen molar-refractivity contribution in [1.82, 2.24) is 15.2 Å². The maximum atomic E-state index is 12.4. The van der Waals surface area contributed by atoms with Crippen LogP contribution in [0.5, 0.6) is 0 Å². The lowest BCUT2D eigenvalue weighted by Gasteiger charge is -2.09. The first-order valence-corrected chi connectivity index (χ1v) is 11.5. The summed E-state index contributed by atoms with van der Waals surface area (Å²) in [6.07, 6.45) is 1.81. The fourth-order valence-corrected chi connectivity index (χ4v) is 4.96. The zero-order chi connectivity index (χ0) is 20.0. The first-order valence-electron chi connectivity index (χ1n) is 8.19. The Hall–Kier alpha value is -2.50. The van der Waals surface area contributed by atoms with E-state index >= 15 is 0 Å². The third-order valence-corrected chi connectivity index (χ3v) is 6.76. The van der Waals surface area contributed by atoms with E-state index in [-0.39, 0.29) is 16.6 Å². The molecule has 146 valence electrons. The van der Waals surface area contributed by atoms with Crippen molar-refractivity contribution in [2.75, 3.05) is 15.8 Å². The van der Waals surface area contributed by atoms with Crippen LogP contribution in [0.15, 0.2) is 57.9 Å². The van der Waals surface area contributed by atoms with E-state index in [4.69, 9.17) is 0 Å². The minimum absolute atomic E-state index is 0.0818. The number of carbonyl (C=O) groups excluding carboxylic acids is 1. The number of sulfonamides is 1. The van der Waals surface area contributed by atoms with Crippen molar-refractivity contribution < 1.29 is 13.2 Å². The van der Waals surface area contributed by atoms with Gasteiger partial charge in [0, 0.05) is 24.1 Å². The number of nitrogens with zero attached hydrogens (tertiary/aromatic N) is 3. The smallest absolute Gasteiger partial charge is 0.263 e. The van der Waals surface area contributed by atoms with Crippen LogP contribution in [0.1, 0.15) is 11.4 Å². The van der Waals surface area contributed by atoms with Gasteiger partial charge in [-0.25, -0.2) is 13.4 Å². The maximum Gasteiger partial charge on any atom is 0.263 e. The van der Waals surface area contributed by atoms with Crippen molar-refractivity contribution in [3.05, 3.63) is 53.7 Å². The van der Waals surface area contributed by atoms with Gasteiger partial charge in [0.1, 0.15) is 10.8 Å². The van der Waals surface area contributed by atoms with Gasteiger partial charge in [0.25, 0.3) is 10.0 Å². The Kier molecular flexibility index (Phi) is 6.60. The molecule has 3 aromatic rings. The van der Waals surface area contributed by atoms with Crippen LogP contribution in [0.4, 0.5) is 11.5 Å². The topological polar surface area (TPSA) is 114 Å². The van der Waals surface area contributed by atoms with Gasteiger partial charge in [0.2, 0.25) is 5.91 Å². The third kappa shape index (κ3) is 5.75. The predicted molar refractivity (Wildman–Crippen MR) is 110 cm³/mol. The van der Waals surface area contributed by atoms with Gasteiger partial charge in [0.15, 0.2) is 4.34 Å². The molecule has 0 aliphatic heterocycles. The van der Waals surface area contributed by atoms with Crippen LogP contribution in [-0.2, 0) is 14.8 Å². The number of amides is 1. The van der Waals surface area contributed by atoms with Crippen molar-refractivity contribution >= 4 is 50.5 Å². The van der Waals surface area contributed by atoms with Crippen LogP contribution in [0.25, 0.3) is 0 Å². The van der Waals surface area contributed by atoms with E-state index in [1.54, 1.807) is 30.3 Å². The van der Waals surface area contributed by atoms with E-state index < -0.39 is 10.0 Å². The van der Waals surface area contributed by atoms with E-state index in [1.165, 1.54) is 41.4 Å². The van der Waals surface area contributed by atoms with E-state index in [2.05, 4.69) is 25.2 Å². The Morgan fingerprint density at radius 3 is 2.57 bits per heavy atom. The lowest BCUT2D eigenvalue weighted by molar-refractivity contribution is -0.115. The standard InChI is InChI=1S/C17H17N5O3S3/c1-12-20-21-17(27-12)26-11-9-16(23)19-13-5-7-14(8-6-13)28(24,25)22-15-4-2-3-10-18-15/h2-8,10H,9,11H2,1H3,(H,18,22)(H,19,23). The molecule has 11 heteroatoms. The molecule has 0 spiro atoms. The Labute approximate surface area is 170 Å². The molecule has 28 heavy (non-hydrogen) atoms. The summed E-state index contributed by atoms with van der Waals surface area (Å²) in [5.41, 5.74) is 0.526. The predicted octanol–water partition coefficient (Wildman–Crippen LogP) is 3.16. The van der Waals surface area contributed by atoms with E-state index in [9.17, 15) is 13.2 Å². The summed E-state index contributed by atoms with van der Waals surface area (Å²) in [7, 11) is -3.74. The van der Waals surface area contributed by atoms with Crippen molar-refractivity contribution in [2.24, 2.45) is 0 Å². The normalized spacial score (nSPS) is 11.2. The Morgan fingerprint density at radius 1 is 1.14 bits per heavy atom. The average Bonchev–Trinajstić information content (AvgIpc) is 3.08. The molecule has 1 aromatic carbocycles. The number of aryl methyl sites for hydroxylation is 1. The summed E-state index contributed by atoms with van der Waals surface area (Å²) in [5.74, 6) is 0.667. The lowest BCUT2D eigenvalue weighted by Crippen LogP contribution is -2.14. The minimum atomic E-state index is -3.74. The van der Waals surface area contributed by atoms with Crippen LogP contribution in [0, 0.1) is 6.92 Å². The van der Waals surface area contributed by atoms with Gasteiger partial charge in [-0.3, -0.25) is 9.52 Å². The Bertz CT molecular complexity index is 1040. The zero-order valence-electron chi connectivity index (χ0n) is 14.8. The molecule has 0 atom stereocenters. The molecule has 0 saturated heterocycles. The van der Waals surface area contributed by atoms with Crippen molar-refractivity contribution in [3.63, 3.8) is 0 Å². The molecule has 1 amide bonds. The largest absolute Gasteiger partial charge is 0.326 e. The first-order chi connectivity index (χ1) is 13.4. The van der Waals surface area contributed by atoms with Gasteiger partial charge < -0.3 is 5.32 Å². The fourth-order valence-electron chi connectivity index (χ4n) is 2.13. The summed E-state index contributed by atoms with van der Waals surface area (Å²) in [6, 6.07) is 10.9. The average molecular weight is 436 g/mol. The number of thioether (sulfide) groups is 1. The van der Waals surface area contributed by atoms with Crippen LogP contribution in [0.2, 0.25) is 0 Å². The lowest BCUT2D eigenvalue weighted by atomic mass is 10.3. The number of carbonyl (C=O) groups is 1. The van der Waals surface area contributed by atoms with Gasteiger partial charge in [-0.05, 0) is 43.3 Å². The number of hydrogen-bond acceptors (Lipinski definition) is 8. The highest BCUT2D eigenvalue weighted by Crippen LogP contribution is 2.22. The molecule has 3 rings (SSSR count). The second kappa shape index (κ2) is 9.13. The van der Waals surface area contributed by atoms with Gasteiger partial charge in [0.05, 0.1) is 4.90 Å². The first kappa shape index (κ1) is 20.2. The summed E-state index contributed by atoms with van der Waals surface area (Å²) in [6.45, 7) is 1.88. The molecular formula is C17H17N5O3S3. The van der Waals surface area contributed by atoms with Gasteiger partial charge in [-0.1, -0.05) is 29.2 Å². The SMILES string of the molecule is Cc1nnc(SCCC(=O)Nc2ccc(S(=O)(=O)Nc3ccccn3)cc2)s1. The number of hydrogen-bond donors (Lipinski definition) is 2. The molecule has 0 fully saturated rings. The maximum absolute atomic E-state index is 12.4. The van der Waals surface area contributed by atoms with E-state index in [0.717, 1.165) is 9.35 Å². The monoisotopic (exact) mass is 435 g/mol. The molecule has 2 N–H and O–H groups in total. The summed E-state index contributed by atoms with van der Waals surface area (Å²) < 4.78 is 28.0. The van der Waals surface area contributed by atoms with E-state index in [0.29, 0.717) is 17.9 Å². The number of anilines is 2. The molecule has 0 aliphatic rings. The molecule has 0 saturated carbocycles. The molecule has 0 unspecified atom stereocenters. The van der Waals surface area contributed by atoms with Gasteiger partial charge >= 0.3 is 0 Å². The highest BCUT2D eigenvalue weighted by atomic mass is 32.2. The third-order valence-electron chi connectivity index (χ3n) is 3.41. The molecule has 0 radical (unpaired) electrons. The summed E-state index contributed by atoms with van der Waals surface area (Å²) in [4.78, 5) is 16.1. The molecule has 2 heterocycles. The van der Waals surface area contributed by atoms with Crippen LogP contribution in [-0.4, -0.2) is 35.3 Å². The van der Waals surface area contributed by atoms with Crippen molar-refractivity contribution in [2.45, 2.75) is 22.6 Å². The number of rotatable bonds is 8. The number of nitrogens with one attached hydrogen (secondary N) is 2. The number of aromatic nitrogens is 3. The highest BCUT2D eigenvalue weighted by molar-refractivity contribution is 8.01. The second-order valence-electron chi connectivity index (χ2n) is 5.58. The molecule has 2 aromatic heterocycles.